The molecule has 1 aliphatic rings. The van der Waals surface area contributed by atoms with Crippen molar-refractivity contribution < 1.29 is 22.3 Å². The van der Waals surface area contributed by atoms with E-state index < -0.39 is 7.25 Å². The van der Waals surface area contributed by atoms with Crippen molar-refractivity contribution in [2.75, 3.05) is 10.6 Å². The molecular weight excluding hydrogens is 429 g/mol. The zero-order chi connectivity index (χ0) is 23.5. The number of nitrogens with one attached hydrogen (secondary N) is 3. The molecule has 0 bridgehead atoms. The van der Waals surface area contributed by atoms with E-state index in [0.717, 1.165) is 35.6 Å². The van der Waals surface area contributed by atoms with Crippen molar-refractivity contribution >= 4 is 30.0 Å². The summed E-state index contributed by atoms with van der Waals surface area (Å²) < 4.78 is 39.0. The van der Waals surface area contributed by atoms with Crippen LogP contribution in [0.1, 0.15) is 12.8 Å². The standard InChI is InChI=1S/C25H23N3.BF4/c1-4-10-22(11-5-1)26-18-20-16-17-21(19-27-23-12-6-2-7-13-23)25(20)28-24-14-8-3-9-15-24;2-1(3,4)5/h1-15,18-19,26-27H,16-17H2;/q;-1/p+1. The van der Waals surface area contributed by atoms with E-state index in [9.17, 15) is 17.3 Å². The number of halogens is 4. The molecule has 170 valence electrons. The van der Waals surface area contributed by atoms with Gasteiger partial charge in [-0.05, 0) is 37.1 Å². The molecule has 0 aromatic heterocycles. The third kappa shape index (κ3) is 8.69. The molecule has 33 heavy (non-hydrogen) atoms. The number of rotatable bonds is 5. The minimum atomic E-state index is -6.00. The van der Waals surface area contributed by atoms with E-state index in [1.54, 1.807) is 0 Å². The zero-order valence-corrected chi connectivity index (χ0v) is 17.8. The molecule has 3 aromatic rings. The maximum absolute atomic E-state index is 9.75. The molecule has 3 N–H and O–H groups in total. The third-order valence-corrected chi connectivity index (χ3v) is 4.72. The smallest absolute Gasteiger partial charge is 0.418 e. The molecule has 0 saturated heterocycles. The van der Waals surface area contributed by atoms with Crippen molar-refractivity contribution in [3.05, 3.63) is 115 Å². The normalized spacial score (nSPS) is 15.7. The van der Waals surface area contributed by atoms with Gasteiger partial charge in [0, 0.05) is 47.1 Å². The largest absolute Gasteiger partial charge is 0.673 e. The summed E-state index contributed by atoms with van der Waals surface area (Å²) in [4.78, 5) is 3.61. The Morgan fingerprint density at radius 2 is 0.970 bits per heavy atom. The van der Waals surface area contributed by atoms with Crippen LogP contribution < -0.4 is 15.6 Å². The number of hydrogen-bond acceptors (Lipinski definition) is 2. The Morgan fingerprint density at radius 1 is 0.606 bits per heavy atom. The van der Waals surface area contributed by atoms with E-state index in [1.807, 2.05) is 42.5 Å². The lowest BCUT2D eigenvalue weighted by Gasteiger charge is -2.03. The lowest BCUT2D eigenvalue weighted by atomic mass is 10.1. The Labute approximate surface area is 190 Å². The van der Waals surface area contributed by atoms with E-state index in [2.05, 4.69) is 76.6 Å². The third-order valence-electron chi connectivity index (χ3n) is 4.72. The SMILES string of the molecule is C(Nc1ccccc1)=C1CCC(=CNc2ccccc2)C1=[NH+]c1ccccc1.F[B-](F)(F)F. The minimum absolute atomic E-state index is 0.997. The highest BCUT2D eigenvalue weighted by molar-refractivity contribution is 6.50. The van der Waals surface area contributed by atoms with Gasteiger partial charge in [0.2, 0.25) is 11.4 Å². The van der Waals surface area contributed by atoms with Gasteiger partial charge in [0.1, 0.15) is 0 Å². The second-order valence-corrected chi connectivity index (χ2v) is 7.22. The molecule has 1 fully saturated rings. The number of anilines is 2. The molecule has 0 aliphatic heterocycles. The fraction of sp³-hybridized carbons (Fsp3) is 0.0800. The van der Waals surface area contributed by atoms with Gasteiger partial charge in [-0.3, -0.25) is 0 Å². The highest BCUT2D eigenvalue weighted by Gasteiger charge is 2.27. The van der Waals surface area contributed by atoms with Crippen molar-refractivity contribution in [3.63, 3.8) is 0 Å². The highest BCUT2D eigenvalue weighted by atomic mass is 19.5. The molecule has 4 rings (SSSR count). The van der Waals surface area contributed by atoms with Gasteiger partial charge in [-0.2, -0.15) is 0 Å². The van der Waals surface area contributed by atoms with Crippen molar-refractivity contribution in [2.24, 2.45) is 0 Å². The molecule has 8 heteroatoms. The fourth-order valence-electron chi connectivity index (χ4n) is 3.25. The predicted octanol–water partition coefficient (Wildman–Crippen LogP) is 5.93. The highest BCUT2D eigenvalue weighted by Crippen LogP contribution is 2.25. The molecule has 3 nitrogen and oxygen atoms in total. The predicted molar refractivity (Wildman–Crippen MR) is 128 cm³/mol. The summed E-state index contributed by atoms with van der Waals surface area (Å²) in [6, 6.07) is 30.8. The van der Waals surface area contributed by atoms with Gasteiger partial charge in [0.05, 0.1) is 0 Å². The van der Waals surface area contributed by atoms with Gasteiger partial charge < -0.3 is 27.9 Å². The van der Waals surface area contributed by atoms with Crippen LogP contribution in [0.2, 0.25) is 0 Å². The summed E-state index contributed by atoms with van der Waals surface area (Å²) in [6.07, 6.45) is 6.22. The second kappa shape index (κ2) is 11.7. The Morgan fingerprint density at radius 3 is 1.36 bits per heavy atom. The summed E-state index contributed by atoms with van der Waals surface area (Å²) in [5.41, 5.74) is 6.99. The average molecular weight is 453 g/mol. The summed E-state index contributed by atoms with van der Waals surface area (Å²) >= 11 is 0. The molecule has 1 aliphatic carbocycles. The average Bonchev–Trinajstić information content (AvgIpc) is 3.18. The minimum Gasteiger partial charge on any atom is -0.418 e. The summed E-state index contributed by atoms with van der Waals surface area (Å²) in [5.74, 6) is 0. The van der Waals surface area contributed by atoms with Gasteiger partial charge in [-0.15, -0.1) is 0 Å². The maximum atomic E-state index is 9.75. The van der Waals surface area contributed by atoms with E-state index in [0.29, 0.717) is 0 Å². The molecule has 0 amide bonds. The van der Waals surface area contributed by atoms with Gasteiger partial charge in [-0.1, -0.05) is 54.6 Å². The van der Waals surface area contributed by atoms with Crippen LogP contribution in [0.5, 0.6) is 0 Å². The first kappa shape index (κ1) is 23.8. The first-order valence-corrected chi connectivity index (χ1v) is 10.5. The lowest BCUT2D eigenvalue weighted by molar-refractivity contribution is -0.352. The Bertz CT molecular complexity index is 1030. The van der Waals surface area contributed by atoms with Crippen molar-refractivity contribution in [3.8, 4) is 0 Å². The molecule has 0 radical (unpaired) electrons. The van der Waals surface area contributed by atoms with Crippen LogP contribution in [0.3, 0.4) is 0 Å². The molecule has 1 saturated carbocycles. The summed E-state index contributed by atoms with van der Waals surface area (Å²) in [6.45, 7) is 0. The zero-order valence-electron chi connectivity index (χ0n) is 17.8. The van der Waals surface area contributed by atoms with E-state index in [4.69, 9.17) is 0 Å². The van der Waals surface area contributed by atoms with Crippen LogP contribution in [0, 0.1) is 0 Å². The second-order valence-electron chi connectivity index (χ2n) is 7.22. The molecule has 0 unspecified atom stereocenters. The molecule has 0 heterocycles. The molecule has 0 atom stereocenters. The van der Waals surface area contributed by atoms with E-state index in [-0.39, 0.29) is 0 Å². The molecular formula is C25H24BF4N3. The van der Waals surface area contributed by atoms with E-state index >= 15 is 0 Å². The van der Waals surface area contributed by atoms with Crippen LogP contribution in [0.25, 0.3) is 0 Å². The van der Waals surface area contributed by atoms with Gasteiger partial charge >= 0.3 is 7.25 Å². The molecule has 0 spiro atoms. The maximum Gasteiger partial charge on any atom is 0.673 e. The first-order valence-electron chi connectivity index (χ1n) is 10.5. The van der Waals surface area contributed by atoms with Crippen molar-refractivity contribution in [1.82, 2.24) is 0 Å². The van der Waals surface area contributed by atoms with Gasteiger partial charge in [0.15, 0.2) is 0 Å². The Hall–Kier alpha value is -3.81. The monoisotopic (exact) mass is 453 g/mol. The topological polar surface area (TPSA) is 38.0 Å². The van der Waals surface area contributed by atoms with Crippen LogP contribution in [0.15, 0.2) is 115 Å². The fourth-order valence-corrected chi connectivity index (χ4v) is 3.25. The van der Waals surface area contributed by atoms with Crippen LogP contribution in [0.4, 0.5) is 34.3 Å². The van der Waals surface area contributed by atoms with Crippen molar-refractivity contribution in [1.29, 1.82) is 0 Å². The Balaban J connectivity index is 0.000000555. The quantitative estimate of drug-likeness (QED) is 0.331. The van der Waals surface area contributed by atoms with Gasteiger partial charge in [0.25, 0.3) is 0 Å². The first-order chi connectivity index (χ1) is 15.9. The number of allylic oxidation sites excluding steroid dienone is 2. The number of benzene rings is 3. The summed E-state index contributed by atoms with van der Waals surface area (Å²) in [7, 11) is -6.00. The van der Waals surface area contributed by atoms with E-state index in [1.165, 1.54) is 11.1 Å². The van der Waals surface area contributed by atoms with Crippen LogP contribution >= 0.6 is 0 Å². The van der Waals surface area contributed by atoms with Crippen molar-refractivity contribution in [2.45, 2.75) is 12.8 Å². The van der Waals surface area contributed by atoms with Gasteiger partial charge in [-0.25, -0.2) is 4.99 Å². The Kier molecular flexibility index (Phi) is 8.46. The molecule has 3 aromatic carbocycles. The summed E-state index contributed by atoms with van der Waals surface area (Å²) in [5, 5.41) is 6.85. The number of hydrogen-bond donors (Lipinski definition) is 3. The number of para-hydroxylation sites is 3. The van der Waals surface area contributed by atoms with Crippen LogP contribution in [-0.4, -0.2) is 13.0 Å². The lowest BCUT2D eigenvalue weighted by Crippen LogP contribution is -2.66. The van der Waals surface area contributed by atoms with Crippen LogP contribution in [-0.2, 0) is 0 Å².